The molecule has 0 aliphatic carbocycles. The number of rotatable bonds is 8. The van der Waals surface area contributed by atoms with E-state index in [-0.39, 0.29) is 40.4 Å². The van der Waals surface area contributed by atoms with Crippen molar-refractivity contribution >= 4 is 28.8 Å². The van der Waals surface area contributed by atoms with E-state index >= 15 is 0 Å². The second-order valence-corrected chi connectivity index (χ2v) is 8.17. The van der Waals surface area contributed by atoms with E-state index in [1.54, 1.807) is 13.8 Å². The molecule has 1 amide bonds. The topological polar surface area (TPSA) is 121 Å². The van der Waals surface area contributed by atoms with Gasteiger partial charge in [-0.25, -0.2) is 9.37 Å². The molecule has 0 radical (unpaired) electrons. The number of benzene rings is 2. The average molecular weight is 520 g/mol. The second kappa shape index (κ2) is 11.1. The number of hydrogen-bond acceptors (Lipinski definition) is 6. The Bertz CT molecular complexity index is 1350. The molecule has 0 atom stereocenters. The van der Waals surface area contributed by atoms with Crippen molar-refractivity contribution in [2.45, 2.75) is 32.6 Å². The van der Waals surface area contributed by atoms with Crippen molar-refractivity contribution in [1.29, 1.82) is 5.41 Å². The molecule has 0 saturated carbocycles. The van der Waals surface area contributed by atoms with Crippen LogP contribution in [0.1, 0.15) is 25.1 Å². The summed E-state index contributed by atoms with van der Waals surface area (Å²) in [6.07, 6.45) is -3.43. The normalized spacial score (nSPS) is 11.2. The SMILES string of the molecule is COc1ccc(NC(=O)Cn2cnc(C(=N)Nc3ccc(C(F)(F)F)cc3)c(NC(C)C)c2=O)cc1F. The molecule has 0 bridgehead atoms. The molecule has 0 aliphatic heterocycles. The smallest absolute Gasteiger partial charge is 0.416 e. The van der Waals surface area contributed by atoms with Gasteiger partial charge in [-0.2, -0.15) is 13.2 Å². The first-order chi connectivity index (χ1) is 17.4. The number of methoxy groups -OCH3 is 1. The van der Waals surface area contributed by atoms with Crippen LogP contribution in [0.2, 0.25) is 0 Å². The zero-order chi connectivity index (χ0) is 27.3. The fourth-order valence-electron chi connectivity index (χ4n) is 3.26. The van der Waals surface area contributed by atoms with Crippen molar-refractivity contribution in [1.82, 2.24) is 9.55 Å². The fourth-order valence-corrected chi connectivity index (χ4v) is 3.26. The van der Waals surface area contributed by atoms with E-state index in [9.17, 15) is 27.2 Å². The van der Waals surface area contributed by atoms with Crippen LogP contribution in [0.25, 0.3) is 0 Å². The summed E-state index contributed by atoms with van der Waals surface area (Å²) < 4.78 is 58.1. The molecule has 3 aromatic rings. The Morgan fingerprint density at radius 3 is 2.32 bits per heavy atom. The lowest BCUT2D eigenvalue weighted by molar-refractivity contribution is -0.137. The summed E-state index contributed by atoms with van der Waals surface area (Å²) in [7, 11) is 1.31. The molecule has 9 nitrogen and oxygen atoms in total. The van der Waals surface area contributed by atoms with Gasteiger partial charge in [-0.15, -0.1) is 0 Å². The molecule has 0 aliphatic rings. The summed E-state index contributed by atoms with van der Waals surface area (Å²) in [6, 6.07) is 7.63. The molecule has 37 heavy (non-hydrogen) atoms. The van der Waals surface area contributed by atoms with Crippen LogP contribution in [-0.4, -0.2) is 34.4 Å². The molecule has 0 unspecified atom stereocenters. The predicted octanol–water partition coefficient (Wildman–Crippen LogP) is 4.31. The van der Waals surface area contributed by atoms with Crippen molar-refractivity contribution in [3.8, 4) is 5.75 Å². The van der Waals surface area contributed by atoms with Gasteiger partial charge >= 0.3 is 6.18 Å². The Morgan fingerprint density at radius 1 is 1.11 bits per heavy atom. The van der Waals surface area contributed by atoms with E-state index in [1.165, 1.54) is 19.2 Å². The monoisotopic (exact) mass is 520 g/mol. The summed E-state index contributed by atoms with van der Waals surface area (Å²) >= 11 is 0. The summed E-state index contributed by atoms with van der Waals surface area (Å²) in [5.74, 6) is -1.64. The van der Waals surface area contributed by atoms with Crippen LogP contribution < -0.4 is 26.2 Å². The number of anilines is 3. The Balaban J connectivity index is 1.81. The highest BCUT2D eigenvalue weighted by Gasteiger charge is 2.30. The largest absolute Gasteiger partial charge is 0.494 e. The number of aromatic nitrogens is 2. The highest BCUT2D eigenvalue weighted by Crippen LogP contribution is 2.30. The quantitative estimate of drug-likeness (QED) is 0.200. The summed E-state index contributed by atoms with van der Waals surface area (Å²) in [5.41, 5.74) is -1.33. The number of carbonyl (C=O) groups is 1. The molecule has 0 spiro atoms. The molecule has 0 saturated heterocycles. The van der Waals surface area contributed by atoms with Crippen LogP contribution in [0.3, 0.4) is 0 Å². The van der Waals surface area contributed by atoms with Crippen molar-refractivity contribution in [2.24, 2.45) is 0 Å². The predicted molar refractivity (Wildman–Crippen MR) is 131 cm³/mol. The van der Waals surface area contributed by atoms with Gasteiger partial charge in [0.15, 0.2) is 17.4 Å². The second-order valence-electron chi connectivity index (χ2n) is 8.17. The minimum atomic E-state index is -4.50. The Labute approximate surface area is 209 Å². The highest BCUT2D eigenvalue weighted by atomic mass is 19.4. The highest BCUT2D eigenvalue weighted by molar-refractivity contribution is 6.08. The molecular weight excluding hydrogens is 496 g/mol. The summed E-state index contributed by atoms with van der Waals surface area (Å²) in [4.78, 5) is 29.7. The first-order valence-electron chi connectivity index (χ1n) is 10.9. The van der Waals surface area contributed by atoms with Gasteiger partial charge in [0, 0.05) is 23.5 Å². The van der Waals surface area contributed by atoms with Gasteiger partial charge < -0.3 is 20.7 Å². The van der Waals surface area contributed by atoms with Crippen LogP contribution in [0.5, 0.6) is 5.75 Å². The average Bonchev–Trinajstić information content (AvgIpc) is 2.81. The minimum Gasteiger partial charge on any atom is -0.494 e. The van der Waals surface area contributed by atoms with Crippen molar-refractivity contribution in [3.05, 3.63) is 76.2 Å². The van der Waals surface area contributed by atoms with E-state index in [4.69, 9.17) is 10.1 Å². The van der Waals surface area contributed by atoms with Gasteiger partial charge in [0.05, 0.1) is 19.0 Å². The minimum absolute atomic E-state index is 0.00533. The van der Waals surface area contributed by atoms with E-state index < -0.39 is 35.6 Å². The van der Waals surface area contributed by atoms with Crippen LogP contribution >= 0.6 is 0 Å². The van der Waals surface area contributed by atoms with Crippen LogP contribution in [0.4, 0.5) is 34.6 Å². The van der Waals surface area contributed by atoms with E-state index in [2.05, 4.69) is 20.9 Å². The van der Waals surface area contributed by atoms with Crippen molar-refractivity contribution in [2.75, 3.05) is 23.1 Å². The third kappa shape index (κ3) is 6.84. The Morgan fingerprint density at radius 2 is 1.76 bits per heavy atom. The maximum Gasteiger partial charge on any atom is 0.416 e. The van der Waals surface area contributed by atoms with Crippen LogP contribution in [-0.2, 0) is 17.5 Å². The van der Waals surface area contributed by atoms with Gasteiger partial charge in [-0.1, -0.05) is 0 Å². The number of ether oxygens (including phenoxy) is 1. The molecule has 3 rings (SSSR count). The number of amidine groups is 1. The van der Waals surface area contributed by atoms with E-state index in [1.807, 2.05) is 0 Å². The first kappa shape index (κ1) is 27.2. The molecule has 1 aromatic heterocycles. The number of amides is 1. The molecule has 2 aromatic carbocycles. The Kier molecular flexibility index (Phi) is 8.15. The van der Waals surface area contributed by atoms with Crippen molar-refractivity contribution < 1.29 is 27.1 Å². The maximum atomic E-state index is 13.9. The standard InChI is InChI=1S/C24H24F4N6O3/c1-13(2)31-21-20(22(29)33-15-6-4-14(5-7-15)24(26,27)28)30-12-34(23(21)36)11-19(35)32-16-8-9-18(37-3)17(25)10-16/h4-10,12-13,31H,11H2,1-3H3,(H2,29,33)(H,32,35). The summed E-state index contributed by atoms with van der Waals surface area (Å²) in [6.45, 7) is 3.04. The molecule has 196 valence electrons. The van der Waals surface area contributed by atoms with E-state index in [0.29, 0.717) is 0 Å². The number of nitrogens with zero attached hydrogens (tertiary/aromatic N) is 2. The fraction of sp³-hybridized carbons (Fsp3) is 0.250. The Hall–Kier alpha value is -4.42. The van der Waals surface area contributed by atoms with E-state index in [0.717, 1.165) is 41.2 Å². The number of nitrogens with one attached hydrogen (secondary N) is 4. The zero-order valence-corrected chi connectivity index (χ0v) is 20.0. The van der Waals surface area contributed by atoms with Gasteiger partial charge in [-0.3, -0.25) is 19.6 Å². The lowest BCUT2D eigenvalue weighted by Gasteiger charge is -2.17. The first-order valence-corrected chi connectivity index (χ1v) is 10.9. The molecule has 0 fully saturated rings. The third-order valence-electron chi connectivity index (χ3n) is 4.94. The molecule has 1 heterocycles. The lowest BCUT2D eigenvalue weighted by Crippen LogP contribution is -2.33. The van der Waals surface area contributed by atoms with Crippen LogP contribution in [0, 0.1) is 11.2 Å². The lowest BCUT2D eigenvalue weighted by atomic mass is 10.2. The summed E-state index contributed by atoms with van der Waals surface area (Å²) in [5, 5.41) is 16.3. The molecule has 13 heteroatoms. The third-order valence-corrected chi connectivity index (χ3v) is 4.94. The molecular formula is C24H24F4N6O3. The maximum absolute atomic E-state index is 13.9. The van der Waals surface area contributed by atoms with Crippen molar-refractivity contribution in [3.63, 3.8) is 0 Å². The van der Waals surface area contributed by atoms with Crippen LogP contribution in [0.15, 0.2) is 53.6 Å². The zero-order valence-electron chi connectivity index (χ0n) is 20.0. The number of alkyl halides is 3. The van der Waals surface area contributed by atoms with Gasteiger partial charge in [0.25, 0.3) is 5.56 Å². The number of hydrogen-bond donors (Lipinski definition) is 4. The number of halogens is 4. The number of carbonyl (C=O) groups excluding carboxylic acids is 1. The van der Waals surface area contributed by atoms with Gasteiger partial charge in [0.1, 0.15) is 17.9 Å². The van der Waals surface area contributed by atoms with Gasteiger partial charge in [0.2, 0.25) is 5.91 Å². The van der Waals surface area contributed by atoms with Gasteiger partial charge in [-0.05, 0) is 50.2 Å². The molecule has 4 N–H and O–H groups in total.